The van der Waals surface area contributed by atoms with Gasteiger partial charge in [0, 0.05) is 31.0 Å². The number of nitrogens with zero attached hydrogens (tertiary/aromatic N) is 7. The Balaban J connectivity index is 1.74. The second kappa shape index (κ2) is 5.10. The lowest BCUT2D eigenvalue weighted by atomic mass is 10.1. The fourth-order valence-corrected chi connectivity index (χ4v) is 3.05. The quantitative estimate of drug-likeness (QED) is 0.570. The van der Waals surface area contributed by atoms with Crippen LogP contribution in [0.2, 0.25) is 0 Å². The minimum atomic E-state index is -0.0818. The highest BCUT2D eigenvalue weighted by atomic mass is 16.2. The van der Waals surface area contributed by atoms with Gasteiger partial charge in [0.05, 0.1) is 0 Å². The van der Waals surface area contributed by atoms with E-state index in [4.69, 9.17) is 0 Å². The summed E-state index contributed by atoms with van der Waals surface area (Å²) in [7, 11) is 1.84. The van der Waals surface area contributed by atoms with Gasteiger partial charge in [-0.25, -0.2) is 19.0 Å². The second-order valence-corrected chi connectivity index (χ2v) is 6.23. The predicted octanol–water partition coefficient (Wildman–Crippen LogP) is 1.67. The molecule has 0 saturated heterocycles. The van der Waals surface area contributed by atoms with Gasteiger partial charge >= 0.3 is 0 Å². The summed E-state index contributed by atoms with van der Waals surface area (Å²) in [6, 6.07) is 7.75. The van der Waals surface area contributed by atoms with Crippen molar-refractivity contribution in [3.05, 3.63) is 48.7 Å². The third-order valence-corrected chi connectivity index (χ3v) is 4.56. The van der Waals surface area contributed by atoms with E-state index in [-0.39, 0.29) is 5.91 Å². The van der Waals surface area contributed by atoms with Crippen LogP contribution in [0.15, 0.2) is 43.0 Å². The van der Waals surface area contributed by atoms with Gasteiger partial charge in [-0.3, -0.25) is 4.79 Å². The molecule has 124 valence electrons. The van der Waals surface area contributed by atoms with E-state index < -0.39 is 0 Å². The first-order chi connectivity index (χ1) is 12.2. The summed E-state index contributed by atoms with van der Waals surface area (Å²) in [6.45, 7) is 0. The summed E-state index contributed by atoms with van der Waals surface area (Å²) in [5, 5.41) is 8.56. The molecule has 1 aliphatic rings. The molecule has 0 aliphatic heterocycles. The number of hydrogen-bond acceptors (Lipinski definition) is 5. The van der Waals surface area contributed by atoms with E-state index in [1.54, 1.807) is 20.1 Å². The summed E-state index contributed by atoms with van der Waals surface area (Å²) in [5.41, 5.74) is 3.28. The van der Waals surface area contributed by atoms with E-state index in [2.05, 4.69) is 20.2 Å². The van der Waals surface area contributed by atoms with Gasteiger partial charge in [-0.15, -0.1) is 0 Å². The van der Waals surface area contributed by atoms with E-state index >= 15 is 0 Å². The zero-order chi connectivity index (χ0) is 17.0. The number of carbonyl (C=O) groups excluding carboxylic acids is 1. The van der Waals surface area contributed by atoms with E-state index in [0.717, 1.165) is 24.1 Å². The van der Waals surface area contributed by atoms with Gasteiger partial charge in [0.15, 0.2) is 17.0 Å². The number of fused-ring (bicyclic) bond motifs is 2. The van der Waals surface area contributed by atoms with Crippen LogP contribution >= 0.6 is 0 Å². The summed E-state index contributed by atoms with van der Waals surface area (Å²) >= 11 is 0. The molecule has 0 atom stereocenters. The summed E-state index contributed by atoms with van der Waals surface area (Å²) in [5.74, 6) is -0.0818. The third kappa shape index (κ3) is 2.18. The van der Waals surface area contributed by atoms with Crippen molar-refractivity contribution in [2.24, 2.45) is 0 Å². The van der Waals surface area contributed by atoms with Gasteiger partial charge in [0.1, 0.15) is 12.0 Å². The molecule has 4 aromatic heterocycles. The Kier molecular flexibility index (Phi) is 2.87. The van der Waals surface area contributed by atoms with Crippen molar-refractivity contribution in [3.63, 3.8) is 0 Å². The number of amides is 1. The number of carbonyl (C=O) groups is 1. The number of imidazole rings is 1. The molecule has 1 amide bonds. The maximum absolute atomic E-state index is 13.0. The van der Waals surface area contributed by atoms with Crippen molar-refractivity contribution >= 4 is 17.2 Å². The Bertz CT molecular complexity index is 1110. The fraction of sp³-hybridized carbons (Fsp3) is 0.235. The molecule has 0 radical (unpaired) electrons. The molecule has 0 bridgehead atoms. The van der Waals surface area contributed by atoms with E-state index in [0.29, 0.717) is 23.1 Å². The molecule has 8 nitrogen and oxygen atoms in total. The topological polar surface area (TPSA) is 80.7 Å². The SMILES string of the molecule is CN(C(=O)c1nc2cccnn2c1-c1ccc2ncnn2c1)C1CC1. The van der Waals surface area contributed by atoms with Gasteiger partial charge in [0.2, 0.25) is 0 Å². The summed E-state index contributed by atoms with van der Waals surface area (Å²) in [4.78, 5) is 23.5. The maximum Gasteiger partial charge on any atom is 0.274 e. The molecule has 25 heavy (non-hydrogen) atoms. The first-order valence-corrected chi connectivity index (χ1v) is 8.13. The van der Waals surface area contributed by atoms with Crippen LogP contribution in [-0.4, -0.2) is 53.1 Å². The molecule has 0 spiro atoms. The van der Waals surface area contributed by atoms with Gasteiger partial charge < -0.3 is 4.90 Å². The Morgan fingerprint density at radius 1 is 1.20 bits per heavy atom. The van der Waals surface area contributed by atoms with Crippen molar-refractivity contribution in [3.8, 4) is 11.3 Å². The second-order valence-electron chi connectivity index (χ2n) is 6.23. The molecule has 4 heterocycles. The van der Waals surface area contributed by atoms with Crippen molar-refractivity contribution in [1.29, 1.82) is 0 Å². The first kappa shape index (κ1) is 14.1. The smallest absolute Gasteiger partial charge is 0.274 e. The lowest BCUT2D eigenvalue weighted by Crippen LogP contribution is -2.29. The van der Waals surface area contributed by atoms with Gasteiger partial charge in [-0.2, -0.15) is 10.2 Å². The number of aromatic nitrogens is 6. The van der Waals surface area contributed by atoms with E-state index in [1.807, 2.05) is 37.5 Å². The van der Waals surface area contributed by atoms with Crippen LogP contribution in [0.25, 0.3) is 22.6 Å². The summed E-state index contributed by atoms with van der Waals surface area (Å²) in [6.07, 6.45) is 7.13. The zero-order valence-electron chi connectivity index (χ0n) is 13.6. The fourth-order valence-electron chi connectivity index (χ4n) is 3.05. The molecule has 1 saturated carbocycles. The molecule has 1 aliphatic carbocycles. The largest absolute Gasteiger partial charge is 0.337 e. The Labute approximate surface area is 142 Å². The molecular formula is C17H15N7O. The minimum Gasteiger partial charge on any atom is -0.337 e. The molecule has 4 aromatic rings. The average molecular weight is 333 g/mol. The molecule has 1 fully saturated rings. The third-order valence-electron chi connectivity index (χ3n) is 4.56. The van der Waals surface area contributed by atoms with Gasteiger partial charge in [0.25, 0.3) is 5.91 Å². The van der Waals surface area contributed by atoms with Crippen molar-refractivity contribution < 1.29 is 4.79 Å². The lowest BCUT2D eigenvalue weighted by molar-refractivity contribution is 0.0781. The molecular weight excluding hydrogens is 318 g/mol. The van der Waals surface area contributed by atoms with Gasteiger partial charge in [-0.1, -0.05) is 0 Å². The van der Waals surface area contributed by atoms with Crippen LogP contribution in [0.3, 0.4) is 0 Å². The van der Waals surface area contributed by atoms with Crippen LogP contribution in [0.1, 0.15) is 23.3 Å². The van der Waals surface area contributed by atoms with Crippen LogP contribution in [-0.2, 0) is 0 Å². The highest BCUT2D eigenvalue weighted by Crippen LogP contribution is 2.30. The highest BCUT2D eigenvalue weighted by Gasteiger charge is 2.33. The predicted molar refractivity (Wildman–Crippen MR) is 90.1 cm³/mol. The minimum absolute atomic E-state index is 0.0818. The Morgan fingerprint density at radius 3 is 2.92 bits per heavy atom. The van der Waals surface area contributed by atoms with Crippen LogP contribution in [0.4, 0.5) is 0 Å². The molecule has 8 heteroatoms. The van der Waals surface area contributed by atoms with Crippen LogP contribution in [0.5, 0.6) is 0 Å². The van der Waals surface area contributed by atoms with Crippen molar-refractivity contribution in [2.45, 2.75) is 18.9 Å². The normalized spacial score (nSPS) is 14.3. The van der Waals surface area contributed by atoms with E-state index in [1.165, 1.54) is 6.33 Å². The molecule has 0 unspecified atom stereocenters. The molecule has 0 N–H and O–H groups in total. The Morgan fingerprint density at radius 2 is 2.08 bits per heavy atom. The highest BCUT2D eigenvalue weighted by molar-refractivity contribution is 5.99. The maximum atomic E-state index is 13.0. The average Bonchev–Trinajstić information content (AvgIpc) is 3.26. The molecule has 0 aromatic carbocycles. The number of rotatable bonds is 3. The van der Waals surface area contributed by atoms with Crippen molar-refractivity contribution in [2.75, 3.05) is 7.05 Å². The van der Waals surface area contributed by atoms with Crippen LogP contribution in [0, 0.1) is 0 Å². The number of hydrogen-bond donors (Lipinski definition) is 0. The first-order valence-electron chi connectivity index (χ1n) is 8.13. The lowest BCUT2D eigenvalue weighted by Gasteiger charge is -2.15. The van der Waals surface area contributed by atoms with Gasteiger partial charge in [-0.05, 0) is 37.1 Å². The van der Waals surface area contributed by atoms with E-state index in [9.17, 15) is 4.79 Å². The number of pyridine rings is 1. The van der Waals surface area contributed by atoms with Crippen LogP contribution < -0.4 is 0 Å². The van der Waals surface area contributed by atoms with Crippen molar-refractivity contribution in [1.82, 2.24) is 34.1 Å². The standard InChI is InChI=1S/C17H15N7O/c1-22(12-5-6-12)17(25)15-16(24-14(21-15)3-2-8-19-24)11-4-7-13-18-10-20-23(13)9-11/h2-4,7-10,12H,5-6H2,1H3. The summed E-state index contributed by atoms with van der Waals surface area (Å²) < 4.78 is 3.38. The molecule has 5 rings (SSSR count). The zero-order valence-corrected chi connectivity index (χ0v) is 13.6. The Hall–Kier alpha value is -3.29. The monoisotopic (exact) mass is 333 g/mol.